The Morgan fingerprint density at radius 2 is 1.92 bits per heavy atom. The van der Waals surface area contributed by atoms with E-state index in [9.17, 15) is 18.4 Å². The summed E-state index contributed by atoms with van der Waals surface area (Å²) in [5, 5.41) is 5.50. The number of anilines is 1. The number of nitrogen functional groups attached to an aromatic ring is 1. The van der Waals surface area contributed by atoms with Gasteiger partial charge in [0.25, 0.3) is 0 Å². The third-order valence-corrected chi connectivity index (χ3v) is 6.85. The first-order valence-electron chi connectivity index (χ1n) is 12.3. The van der Waals surface area contributed by atoms with Crippen molar-refractivity contribution in [1.82, 2.24) is 24.6 Å². The molecule has 0 bridgehead atoms. The molecule has 10 heteroatoms. The molecule has 1 amide bonds. The standard InChI is InChI=1S/C28H26F2N6O2/c1-2-24(38)35-13-3-4-20(15-35)36-28-25(27(31)32-16-33-28)26(34-36)18-8-5-17(6-9-18)7-12-23(37)21-11-10-19(29)14-22(21)30/h2,5-6,8-11,14,16,20H,1,3-4,7,12-13,15H2,(H2,31,32,33). The zero-order valence-corrected chi connectivity index (χ0v) is 20.6. The fourth-order valence-corrected chi connectivity index (χ4v) is 4.87. The molecule has 0 radical (unpaired) electrons. The number of carbonyl (C=O) groups is 2. The van der Waals surface area contributed by atoms with Crippen LogP contribution in [-0.4, -0.2) is 49.4 Å². The summed E-state index contributed by atoms with van der Waals surface area (Å²) in [4.78, 5) is 35.0. The minimum absolute atomic E-state index is 0.0738. The van der Waals surface area contributed by atoms with Crippen LogP contribution < -0.4 is 5.73 Å². The van der Waals surface area contributed by atoms with Crippen molar-refractivity contribution in [2.45, 2.75) is 31.7 Å². The van der Waals surface area contributed by atoms with Crippen molar-refractivity contribution in [3.05, 3.63) is 84.2 Å². The van der Waals surface area contributed by atoms with Gasteiger partial charge in [-0.25, -0.2) is 23.4 Å². The van der Waals surface area contributed by atoms with E-state index in [4.69, 9.17) is 10.8 Å². The van der Waals surface area contributed by atoms with Crippen LogP contribution in [0.1, 0.15) is 41.2 Å². The number of Topliss-reactive ketones (excluding diaryl/α,β-unsaturated/α-hetero) is 1. The van der Waals surface area contributed by atoms with Crippen LogP contribution in [0.5, 0.6) is 0 Å². The molecule has 1 unspecified atom stereocenters. The maximum absolute atomic E-state index is 13.9. The maximum Gasteiger partial charge on any atom is 0.246 e. The van der Waals surface area contributed by atoms with Gasteiger partial charge in [-0.05, 0) is 43.0 Å². The van der Waals surface area contributed by atoms with Crippen molar-refractivity contribution < 1.29 is 18.4 Å². The highest BCUT2D eigenvalue weighted by molar-refractivity contribution is 5.98. The van der Waals surface area contributed by atoms with Crippen molar-refractivity contribution in [2.24, 2.45) is 0 Å². The molecular weight excluding hydrogens is 490 g/mol. The second kappa shape index (κ2) is 10.5. The number of hydrogen-bond acceptors (Lipinski definition) is 6. The Morgan fingerprint density at radius 3 is 2.66 bits per heavy atom. The average Bonchev–Trinajstić information content (AvgIpc) is 3.33. The van der Waals surface area contributed by atoms with Gasteiger partial charge in [-0.3, -0.25) is 9.59 Å². The van der Waals surface area contributed by atoms with Gasteiger partial charge < -0.3 is 10.6 Å². The van der Waals surface area contributed by atoms with Crippen LogP contribution in [0.2, 0.25) is 0 Å². The number of fused-ring (bicyclic) bond motifs is 1. The molecule has 8 nitrogen and oxygen atoms in total. The molecule has 194 valence electrons. The number of carbonyl (C=O) groups excluding carboxylic acids is 2. The predicted octanol–water partition coefficient (Wildman–Crippen LogP) is 4.52. The van der Waals surface area contributed by atoms with Gasteiger partial charge in [0.2, 0.25) is 5.91 Å². The minimum Gasteiger partial charge on any atom is -0.383 e. The fourth-order valence-electron chi connectivity index (χ4n) is 4.87. The molecule has 3 heterocycles. The molecule has 1 fully saturated rings. The van der Waals surface area contributed by atoms with Gasteiger partial charge in [-0.1, -0.05) is 30.8 Å². The van der Waals surface area contributed by atoms with E-state index in [0.29, 0.717) is 48.1 Å². The lowest BCUT2D eigenvalue weighted by Gasteiger charge is -2.32. The normalized spacial score (nSPS) is 15.5. The number of halogens is 2. The zero-order chi connectivity index (χ0) is 26.8. The maximum atomic E-state index is 13.9. The number of benzene rings is 2. The molecule has 1 saturated heterocycles. The molecular formula is C28H26F2N6O2. The van der Waals surface area contributed by atoms with E-state index >= 15 is 0 Å². The highest BCUT2D eigenvalue weighted by Crippen LogP contribution is 2.34. The van der Waals surface area contributed by atoms with Crippen LogP contribution in [0.3, 0.4) is 0 Å². The highest BCUT2D eigenvalue weighted by atomic mass is 19.1. The first-order chi connectivity index (χ1) is 18.4. The van der Waals surface area contributed by atoms with Gasteiger partial charge in [0, 0.05) is 31.1 Å². The van der Waals surface area contributed by atoms with Gasteiger partial charge in [0.05, 0.1) is 17.0 Å². The minimum atomic E-state index is -0.859. The van der Waals surface area contributed by atoms with E-state index in [0.717, 1.165) is 30.0 Å². The molecule has 2 aromatic carbocycles. The number of aromatic nitrogens is 4. The summed E-state index contributed by atoms with van der Waals surface area (Å²) in [5.74, 6) is -1.78. The second-order valence-corrected chi connectivity index (χ2v) is 9.28. The van der Waals surface area contributed by atoms with E-state index in [1.165, 1.54) is 18.5 Å². The lowest BCUT2D eigenvalue weighted by atomic mass is 10.0. The Kier molecular flexibility index (Phi) is 6.95. The number of hydrogen-bond donors (Lipinski definition) is 1. The number of aryl methyl sites for hydroxylation is 1. The predicted molar refractivity (Wildman–Crippen MR) is 139 cm³/mol. The lowest BCUT2D eigenvalue weighted by Crippen LogP contribution is -2.40. The van der Waals surface area contributed by atoms with Crippen LogP contribution in [-0.2, 0) is 11.2 Å². The summed E-state index contributed by atoms with van der Waals surface area (Å²) in [6, 6.07) is 10.4. The number of piperidine rings is 1. The van der Waals surface area contributed by atoms with E-state index in [1.54, 1.807) is 4.90 Å². The van der Waals surface area contributed by atoms with E-state index in [1.807, 2.05) is 28.9 Å². The van der Waals surface area contributed by atoms with Crippen LogP contribution in [0, 0.1) is 11.6 Å². The number of rotatable bonds is 7. The van der Waals surface area contributed by atoms with Gasteiger partial charge in [0.15, 0.2) is 11.4 Å². The van der Waals surface area contributed by atoms with Gasteiger partial charge in [-0.15, -0.1) is 0 Å². The molecule has 1 atom stereocenters. The van der Waals surface area contributed by atoms with Gasteiger partial charge >= 0.3 is 0 Å². The third kappa shape index (κ3) is 4.89. The molecule has 1 aliphatic heterocycles. The molecule has 38 heavy (non-hydrogen) atoms. The second-order valence-electron chi connectivity index (χ2n) is 9.28. The van der Waals surface area contributed by atoms with Crippen LogP contribution in [0.15, 0.2) is 61.4 Å². The topological polar surface area (TPSA) is 107 Å². The van der Waals surface area contributed by atoms with Crippen LogP contribution >= 0.6 is 0 Å². The van der Waals surface area contributed by atoms with Crippen molar-refractivity contribution in [2.75, 3.05) is 18.8 Å². The quantitative estimate of drug-likeness (QED) is 0.286. The molecule has 0 aliphatic carbocycles. The van der Waals surface area contributed by atoms with Crippen molar-refractivity contribution in [1.29, 1.82) is 0 Å². The first kappa shape index (κ1) is 25.2. The molecule has 4 aromatic rings. The summed E-state index contributed by atoms with van der Waals surface area (Å²) in [7, 11) is 0. The summed E-state index contributed by atoms with van der Waals surface area (Å²) in [6.45, 7) is 4.75. The van der Waals surface area contributed by atoms with Crippen molar-refractivity contribution in [3.8, 4) is 11.3 Å². The van der Waals surface area contributed by atoms with Crippen LogP contribution in [0.4, 0.5) is 14.6 Å². The van der Waals surface area contributed by atoms with E-state index in [2.05, 4.69) is 16.5 Å². The largest absolute Gasteiger partial charge is 0.383 e. The monoisotopic (exact) mass is 516 g/mol. The Balaban J connectivity index is 1.39. The van der Waals surface area contributed by atoms with Crippen molar-refractivity contribution in [3.63, 3.8) is 0 Å². The highest BCUT2D eigenvalue weighted by Gasteiger charge is 2.28. The Bertz CT molecular complexity index is 1530. The molecule has 2 N–H and O–H groups in total. The summed E-state index contributed by atoms with van der Waals surface area (Å²) >= 11 is 0. The Hall–Kier alpha value is -4.47. The number of likely N-dealkylation sites (tertiary alicyclic amines) is 1. The fraction of sp³-hybridized carbons (Fsp3) is 0.250. The summed E-state index contributed by atoms with van der Waals surface area (Å²) < 4.78 is 28.9. The summed E-state index contributed by atoms with van der Waals surface area (Å²) in [6.07, 6.45) is 4.87. The Morgan fingerprint density at radius 1 is 1.13 bits per heavy atom. The number of nitrogens with two attached hydrogens (primary N) is 1. The van der Waals surface area contributed by atoms with Gasteiger partial charge in [0.1, 0.15) is 29.5 Å². The SMILES string of the molecule is C=CC(=O)N1CCCC(n2nc(-c3ccc(CCC(=O)c4ccc(F)cc4F)cc3)c3c(N)ncnc32)C1. The number of amides is 1. The zero-order valence-electron chi connectivity index (χ0n) is 20.6. The smallest absolute Gasteiger partial charge is 0.246 e. The van der Waals surface area contributed by atoms with E-state index in [-0.39, 0.29) is 23.9 Å². The van der Waals surface area contributed by atoms with E-state index < -0.39 is 17.4 Å². The van der Waals surface area contributed by atoms with Gasteiger partial charge in [-0.2, -0.15) is 5.10 Å². The number of ketones is 1. The average molecular weight is 517 g/mol. The lowest BCUT2D eigenvalue weighted by molar-refractivity contribution is -0.127. The molecule has 0 spiro atoms. The van der Waals surface area contributed by atoms with Crippen molar-refractivity contribution >= 4 is 28.5 Å². The Labute approximate surface area is 217 Å². The molecule has 2 aromatic heterocycles. The molecule has 5 rings (SSSR count). The first-order valence-corrected chi connectivity index (χ1v) is 12.3. The third-order valence-electron chi connectivity index (χ3n) is 6.85. The summed E-state index contributed by atoms with van der Waals surface area (Å²) in [5.41, 5.74) is 9.03. The van der Waals surface area contributed by atoms with Crippen LogP contribution in [0.25, 0.3) is 22.3 Å². The molecule has 0 saturated carbocycles. The molecule has 1 aliphatic rings. The number of nitrogens with zero attached hydrogens (tertiary/aromatic N) is 5.